The zero-order valence-electron chi connectivity index (χ0n) is 16.0. The lowest BCUT2D eigenvalue weighted by molar-refractivity contribution is 0.0958. The van der Waals surface area contributed by atoms with Gasteiger partial charge in [-0.1, -0.05) is 17.7 Å². The normalized spacial score (nSPS) is 10.6. The van der Waals surface area contributed by atoms with Crippen molar-refractivity contribution in [1.29, 1.82) is 0 Å². The molecule has 0 saturated heterocycles. The van der Waals surface area contributed by atoms with E-state index in [0.717, 1.165) is 16.6 Å². The van der Waals surface area contributed by atoms with Gasteiger partial charge in [0.15, 0.2) is 0 Å². The van der Waals surface area contributed by atoms with Crippen molar-refractivity contribution in [3.05, 3.63) is 78.2 Å². The van der Waals surface area contributed by atoms with Gasteiger partial charge in [0.25, 0.3) is 5.91 Å². The predicted octanol–water partition coefficient (Wildman–Crippen LogP) is 4.23. The van der Waals surface area contributed by atoms with Crippen molar-refractivity contribution in [3.63, 3.8) is 0 Å². The number of hydrogen-bond donors (Lipinski definition) is 2. The highest BCUT2D eigenvalue weighted by molar-refractivity contribution is 5.92. The van der Waals surface area contributed by atoms with Crippen molar-refractivity contribution in [2.75, 3.05) is 12.4 Å². The van der Waals surface area contributed by atoms with Crippen LogP contribution >= 0.6 is 0 Å². The minimum absolute atomic E-state index is 0.268. The number of hydrogen-bond acceptors (Lipinski definition) is 6. The number of nitrogens with zero attached hydrogens (tertiary/aromatic N) is 3. The number of fused-ring (bicyclic) bond motifs is 1. The summed E-state index contributed by atoms with van der Waals surface area (Å²) in [5.41, 5.74) is 3.21. The molecule has 144 valence electrons. The molecule has 2 heterocycles. The second kappa shape index (κ2) is 7.93. The SMILES string of the molecule is CNC(=O)c1cc(Oc2ccc3nc(Nc4ccc(C)cc4)ncc3c2)ccn1. The second-order valence-corrected chi connectivity index (χ2v) is 6.46. The quantitative estimate of drug-likeness (QED) is 0.534. The van der Waals surface area contributed by atoms with Crippen LogP contribution in [-0.4, -0.2) is 27.9 Å². The minimum atomic E-state index is -0.268. The van der Waals surface area contributed by atoms with E-state index in [1.165, 1.54) is 11.8 Å². The van der Waals surface area contributed by atoms with Gasteiger partial charge in [-0.15, -0.1) is 0 Å². The van der Waals surface area contributed by atoms with Crippen LogP contribution in [-0.2, 0) is 0 Å². The molecule has 0 aliphatic carbocycles. The molecule has 0 saturated carbocycles. The Morgan fingerprint density at radius 1 is 0.966 bits per heavy atom. The lowest BCUT2D eigenvalue weighted by Gasteiger charge is -2.09. The van der Waals surface area contributed by atoms with Gasteiger partial charge in [-0.25, -0.2) is 9.97 Å². The van der Waals surface area contributed by atoms with Gasteiger partial charge in [-0.05, 0) is 43.3 Å². The molecule has 1 amide bonds. The average molecular weight is 385 g/mol. The highest BCUT2D eigenvalue weighted by Gasteiger charge is 2.08. The summed E-state index contributed by atoms with van der Waals surface area (Å²) in [4.78, 5) is 24.7. The van der Waals surface area contributed by atoms with Crippen LogP contribution < -0.4 is 15.4 Å². The summed E-state index contributed by atoms with van der Waals surface area (Å²) < 4.78 is 5.87. The van der Waals surface area contributed by atoms with Gasteiger partial charge in [0.1, 0.15) is 17.2 Å². The summed E-state index contributed by atoms with van der Waals surface area (Å²) in [5.74, 6) is 1.40. The van der Waals surface area contributed by atoms with Crippen molar-refractivity contribution in [2.24, 2.45) is 0 Å². The smallest absolute Gasteiger partial charge is 0.269 e. The van der Waals surface area contributed by atoms with Crippen LogP contribution in [0.25, 0.3) is 10.9 Å². The number of anilines is 2. The first-order chi connectivity index (χ1) is 14.1. The molecule has 7 heteroatoms. The van der Waals surface area contributed by atoms with Crippen LogP contribution in [0.15, 0.2) is 67.0 Å². The number of nitrogens with one attached hydrogen (secondary N) is 2. The Kier molecular flexibility index (Phi) is 5.03. The number of pyridine rings is 1. The van der Waals surface area contributed by atoms with Gasteiger partial charge in [0.05, 0.1) is 5.52 Å². The van der Waals surface area contributed by atoms with Crippen molar-refractivity contribution in [2.45, 2.75) is 6.92 Å². The van der Waals surface area contributed by atoms with Crippen molar-refractivity contribution >= 4 is 28.4 Å². The van der Waals surface area contributed by atoms with E-state index in [0.29, 0.717) is 23.1 Å². The van der Waals surface area contributed by atoms with Crippen molar-refractivity contribution in [1.82, 2.24) is 20.3 Å². The third kappa shape index (κ3) is 4.30. The molecule has 2 aromatic heterocycles. The van der Waals surface area contributed by atoms with Gasteiger partial charge < -0.3 is 15.4 Å². The average Bonchev–Trinajstić information content (AvgIpc) is 2.75. The number of benzene rings is 2. The van der Waals surface area contributed by atoms with E-state index < -0.39 is 0 Å². The highest BCUT2D eigenvalue weighted by Crippen LogP contribution is 2.26. The Hall–Kier alpha value is -4.00. The molecule has 0 unspecified atom stereocenters. The summed E-state index contributed by atoms with van der Waals surface area (Å²) in [6.07, 6.45) is 3.28. The van der Waals surface area contributed by atoms with E-state index >= 15 is 0 Å². The van der Waals surface area contributed by atoms with Crippen LogP contribution in [0.4, 0.5) is 11.6 Å². The summed E-state index contributed by atoms with van der Waals surface area (Å²) >= 11 is 0. The van der Waals surface area contributed by atoms with E-state index in [4.69, 9.17) is 4.74 Å². The van der Waals surface area contributed by atoms with E-state index in [9.17, 15) is 4.79 Å². The number of carbonyl (C=O) groups is 1. The molecule has 29 heavy (non-hydrogen) atoms. The Morgan fingerprint density at radius 3 is 2.55 bits per heavy atom. The lowest BCUT2D eigenvalue weighted by Crippen LogP contribution is -2.18. The van der Waals surface area contributed by atoms with Crippen LogP contribution in [0.2, 0.25) is 0 Å². The van der Waals surface area contributed by atoms with E-state index in [2.05, 4.69) is 25.6 Å². The number of rotatable bonds is 5. The first-order valence-electron chi connectivity index (χ1n) is 9.07. The van der Waals surface area contributed by atoms with E-state index in [-0.39, 0.29) is 5.91 Å². The molecule has 0 spiro atoms. The van der Waals surface area contributed by atoms with Crippen LogP contribution in [0.1, 0.15) is 16.1 Å². The Balaban J connectivity index is 1.54. The first-order valence-corrected chi connectivity index (χ1v) is 9.07. The zero-order chi connectivity index (χ0) is 20.2. The van der Waals surface area contributed by atoms with Crippen LogP contribution in [0.5, 0.6) is 11.5 Å². The molecule has 0 radical (unpaired) electrons. The number of aryl methyl sites for hydroxylation is 1. The number of ether oxygens (including phenoxy) is 1. The number of aromatic nitrogens is 3. The monoisotopic (exact) mass is 385 g/mol. The molecule has 4 aromatic rings. The summed E-state index contributed by atoms with van der Waals surface area (Å²) in [6, 6.07) is 16.9. The molecule has 2 aromatic carbocycles. The third-order valence-corrected chi connectivity index (χ3v) is 4.29. The molecule has 0 aliphatic heterocycles. The fourth-order valence-electron chi connectivity index (χ4n) is 2.76. The number of amides is 1. The molecule has 0 fully saturated rings. The van der Waals surface area contributed by atoms with Crippen LogP contribution in [0, 0.1) is 6.92 Å². The van der Waals surface area contributed by atoms with Crippen molar-refractivity contribution in [3.8, 4) is 11.5 Å². The second-order valence-electron chi connectivity index (χ2n) is 6.46. The van der Waals surface area contributed by atoms with E-state index in [1.54, 1.807) is 25.4 Å². The van der Waals surface area contributed by atoms with Gasteiger partial charge in [-0.2, -0.15) is 0 Å². The summed E-state index contributed by atoms with van der Waals surface area (Å²) in [6.45, 7) is 2.04. The lowest BCUT2D eigenvalue weighted by atomic mass is 10.2. The summed E-state index contributed by atoms with van der Waals surface area (Å²) in [7, 11) is 1.56. The highest BCUT2D eigenvalue weighted by atomic mass is 16.5. The van der Waals surface area contributed by atoms with Gasteiger partial charge >= 0.3 is 0 Å². The molecule has 0 bridgehead atoms. The summed E-state index contributed by atoms with van der Waals surface area (Å²) in [5, 5.41) is 6.59. The fraction of sp³-hybridized carbons (Fsp3) is 0.0909. The topological polar surface area (TPSA) is 89.0 Å². The van der Waals surface area contributed by atoms with Gasteiger partial charge in [0.2, 0.25) is 5.95 Å². The standard InChI is InChI=1S/C22H19N5O2/c1-14-3-5-16(6-4-14)26-22-25-13-15-11-17(7-8-19(15)27-22)29-18-9-10-24-20(12-18)21(28)23-2/h3-13H,1-2H3,(H,23,28)(H,25,26,27). The minimum Gasteiger partial charge on any atom is -0.457 e. The first kappa shape index (κ1) is 18.4. The fourth-order valence-corrected chi connectivity index (χ4v) is 2.76. The van der Waals surface area contributed by atoms with Crippen LogP contribution in [0.3, 0.4) is 0 Å². The largest absolute Gasteiger partial charge is 0.457 e. The van der Waals surface area contributed by atoms with Gasteiger partial charge in [0, 0.05) is 36.6 Å². The number of carbonyl (C=O) groups excluding carboxylic acids is 1. The Morgan fingerprint density at radius 2 is 1.76 bits per heavy atom. The zero-order valence-corrected chi connectivity index (χ0v) is 16.0. The van der Waals surface area contributed by atoms with E-state index in [1.807, 2.05) is 49.4 Å². The molecule has 0 atom stereocenters. The Bertz CT molecular complexity index is 1180. The molecule has 7 nitrogen and oxygen atoms in total. The molecular formula is C22H19N5O2. The maximum atomic E-state index is 11.7. The predicted molar refractivity (Wildman–Crippen MR) is 112 cm³/mol. The van der Waals surface area contributed by atoms with Crippen molar-refractivity contribution < 1.29 is 9.53 Å². The third-order valence-electron chi connectivity index (χ3n) is 4.29. The Labute approximate surface area is 167 Å². The maximum absolute atomic E-state index is 11.7. The maximum Gasteiger partial charge on any atom is 0.269 e. The molecule has 4 rings (SSSR count). The molecular weight excluding hydrogens is 366 g/mol. The van der Waals surface area contributed by atoms with Gasteiger partial charge in [-0.3, -0.25) is 9.78 Å². The molecule has 0 aliphatic rings. The molecule has 2 N–H and O–H groups in total.